The summed E-state index contributed by atoms with van der Waals surface area (Å²) in [5.74, 6) is 2.63. The van der Waals surface area contributed by atoms with Crippen molar-refractivity contribution in [1.82, 2.24) is 15.5 Å². The predicted octanol–water partition coefficient (Wildman–Crippen LogP) is 3.28. The monoisotopic (exact) mass is 410 g/mol. The van der Waals surface area contributed by atoms with Crippen LogP contribution in [-0.4, -0.2) is 64.8 Å². The Balaban J connectivity index is 1.43. The minimum Gasteiger partial charge on any atom is -0.355 e. The van der Waals surface area contributed by atoms with Gasteiger partial charge in [0.25, 0.3) is 0 Å². The maximum absolute atomic E-state index is 12.2. The van der Waals surface area contributed by atoms with Crippen LogP contribution in [0, 0.1) is 5.92 Å². The number of hydrogen-bond acceptors (Lipinski definition) is 3. The largest absolute Gasteiger partial charge is 0.355 e. The van der Waals surface area contributed by atoms with Gasteiger partial charge in [-0.15, -0.1) is 0 Å². The van der Waals surface area contributed by atoms with E-state index < -0.39 is 10.8 Å². The molecule has 4 unspecified atom stereocenters. The fourth-order valence-electron chi connectivity index (χ4n) is 5.42. The summed E-state index contributed by atoms with van der Waals surface area (Å²) in [4.78, 5) is 7.21. The average Bonchev–Trinajstić information content (AvgIpc) is 3.18. The molecule has 5 nitrogen and oxygen atoms in total. The van der Waals surface area contributed by atoms with Crippen molar-refractivity contribution in [1.29, 1.82) is 0 Å². The molecular weight excluding hydrogens is 368 g/mol. The first-order valence-corrected chi connectivity index (χ1v) is 13.2. The molecule has 1 heterocycles. The van der Waals surface area contributed by atoms with Gasteiger partial charge in [0.2, 0.25) is 0 Å². The van der Waals surface area contributed by atoms with E-state index in [2.05, 4.69) is 20.5 Å². The van der Waals surface area contributed by atoms with Crippen LogP contribution in [0.5, 0.6) is 0 Å². The van der Waals surface area contributed by atoms with Gasteiger partial charge in [0.05, 0.1) is 0 Å². The third-order valence-corrected chi connectivity index (χ3v) is 8.81. The van der Waals surface area contributed by atoms with Crippen molar-refractivity contribution in [2.75, 3.05) is 32.4 Å². The highest BCUT2D eigenvalue weighted by molar-refractivity contribution is 7.85. The molecule has 0 aromatic rings. The number of hydrogen-bond donors (Lipinski definition) is 2. The van der Waals surface area contributed by atoms with Crippen molar-refractivity contribution >= 4 is 16.8 Å². The second kappa shape index (κ2) is 11.5. The van der Waals surface area contributed by atoms with E-state index in [-0.39, 0.29) is 0 Å². The first-order valence-electron chi connectivity index (χ1n) is 11.8. The van der Waals surface area contributed by atoms with Crippen LogP contribution >= 0.6 is 0 Å². The standard InChI is InChI=1S/C22H42N4OS/c1-3-28(27)21-13-7-11-19(15-21)25-22(23-2)24-16-20-12-8-14-26(20)17-18-9-5-4-6-10-18/h18-21H,3-17H2,1-2H3,(H2,23,24,25). The number of rotatable bonds is 7. The number of nitrogens with zero attached hydrogens (tertiary/aromatic N) is 2. The Kier molecular flexibility index (Phi) is 9.09. The number of guanidine groups is 1. The molecule has 162 valence electrons. The summed E-state index contributed by atoms with van der Waals surface area (Å²) in [6.07, 6.45) is 14.3. The van der Waals surface area contributed by atoms with Gasteiger partial charge in [0, 0.05) is 54.0 Å². The van der Waals surface area contributed by atoms with Gasteiger partial charge < -0.3 is 10.6 Å². The summed E-state index contributed by atoms with van der Waals surface area (Å²) in [6, 6.07) is 1.05. The fourth-order valence-corrected chi connectivity index (χ4v) is 6.77. The van der Waals surface area contributed by atoms with Crippen LogP contribution in [0.3, 0.4) is 0 Å². The average molecular weight is 411 g/mol. The lowest BCUT2D eigenvalue weighted by atomic mass is 9.89. The van der Waals surface area contributed by atoms with Gasteiger partial charge in [0.1, 0.15) is 0 Å². The van der Waals surface area contributed by atoms with Crippen molar-refractivity contribution in [3.05, 3.63) is 0 Å². The summed E-state index contributed by atoms with van der Waals surface area (Å²) < 4.78 is 12.2. The Morgan fingerprint density at radius 2 is 1.89 bits per heavy atom. The lowest BCUT2D eigenvalue weighted by molar-refractivity contribution is 0.188. The summed E-state index contributed by atoms with van der Waals surface area (Å²) in [5, 5.41) is 7.58. The molecule has 4 atom stereocenters. The highest BCUT2D eigenvalue weighted by Gasteiger charge is 2.29. The van der Waals surface area contributed by atoms with E-state index in [4.69, 9.17) is 0 Å². The Hall–Kier alpha value is -0.620. The third kappa shape index (κ3) is 6.45. The van der Waals surface area contributed by atoms with E-state index in [9.17, 15) is 4.21 Å². The molecule has 0 bridgehead atoms. The van der Waals surface area contributed by atoms with Gasteiger partial charge in [-0.2, -0.15) is 0 Å². The Morgan fingerprint density at radius 1 is 1.07 bits per heavy atom. The van der Waals surface area contributed by atoms with E-state index in [1.54, 1.807) is 0 Å². The van der Waals surface area contributed by atoms with Crippen LogP contribution in [0.15, 0.2) is 4.99 Å². The zero-order valence-corrected chi connectivity index (χ0v) is 18.9. The SMILES string of the molecule is CCS(=O)C1CCCC(NC(=NC)NCC2CCCN2CC2CCCCC2)C1. The minimum atomic E-state index is -0.672. The van der Waals surface area contributed by atoms with Crippen molar-refractivity contribution in [2.45, 2.75) is 94.9 Å². The van der Waals surface area contributed by atoms with Crippen molar-refractivity contribution in [2.24, 2.45) is 10.9 Å². The molecular formula is C22H42N4OS. The second-order valence-corrected chi connectivity index (χ2v) is 11.1. The van der Waals surface area contributed by atoms with E-state index in [0.717, 1.165) is 43.4 Å². The molecule has 0 amide bonds. The molecule has 2 saturated carbocycles. The zero-order valence-electron chi connectivity index (χ0n) is 18.1. The zero-order chi connectivity index (χ0) is 19.8. The number of nitrogens with one attached hydrogen (secondary N) is 2. The van der Waals surface area contributed by atoms with Crippen LogP contribution in [0.4, 0.5) is 0 Å². The summed E-state index contributed by atoms with van der Waals surface area (Å²) in [6.45, 7) is 5.59. The highest BCUT2D eigenvalue weighted by Crippen LogP contribution is 2.27. The van der Waals surface area contributed by atoms with Gasteiger partial charge in [-0.1, -0.05) is 32.6 Å². The smallest absolute Gasteiger partial charge is 0.191 e. The lowest BCUT2D eigenvalue weighted by Gasteiger charge is -2.32. The van der Waals surface area contributed by atoms with Gasteiger partial charge in [-0.05, 0) is 57.4 Å². The van der Waals surface area contributed by atoms with E-state index in [0.29, 0.717) is 17.3 Å². The highest BCUT2D eigenvalue weighted by atomic mass is 32.2. The van der Waals surface area contributed by atoms with Crippen molar-refractivity contribution in [3.63, 3.8) is 0 Å². The number of aliphatic imine (C=N–C) groups is 1. The van der Waals surface area contributed by atoms with E-state index >= 15 is 0 Å². The molecule has 1 saturated heterocycles. The molecule has 3 aliphatic rings. The van der Waals surface area contributed by atoms with Gasteiger partial charge in [-0.3, -0.25) is 14.1 Å². The molecule has 1 aliphatic heterocycles. The summed E-state index contributed by atoms with van der Waals surface area (Å²) >= 11 is 0. The number of likely N-dealkylation sites (tertiary alicyclic amines) is 1. The maximum atomic E-state index is 12.2. The third-order valence-electron chi connectivity index (χ3n) is 7.07. The minimum absolute atomic E-state index is 0.357. The van der Waals surface area contributed by atoms with Crippen LogP contribution in [0.1, 0.15) is 77.6 Å². The normalized spacial score (nSPS) is 31.6. The molecule has 2 N–H and O–H groups in total. The first-order chi connectivity index (χ1) is 13.7. The Morgan fingerprint density at radius 3 is 2.64 bits per heavy atom. The van der Waals surface area contributed by atoms with E-state index in [1.807, 2.05) is 14.0 Å². The van der Waals surface area contributed by atoms with Crippen LogP contribution in [0.2, 0.25) is 0 Å². The molecule has 3 fully saturated rings. The molecule has 2 aliphatic carbocycles. The van der Waals surface area contributed by atoms with Gasteiger partial charge in [-0.25, -0.2) is 0 Å². The molecule has 6 heteroatoms. The van der Waals surface area contributed by atoms with Gasteiger partial charge in [0.15, 0.2) is 5.96 Å². The summed E-state index contributed by atoms with van der Waals surface area (Å²) in [7, 11) is 1.20. The molecule has 0 radical (unpaired) electrons. The summed E-state index contributed by atoms with van der Waals surface area (Å²) in [5.41, 5.74) is 0. The topological polar surface area (TPSA) is 56.7 Å². The fraction of sp³-hybridized carbons (Fsp3) is 0.955. The Labute approximate surface area is 175 Å². The van der Waals surface area contributed by atoms with Crippen LogP contribution < -0.4 is 10.6 Å². The maximum Gasteiger partial charge on any atom is 0.191 e. The quantitative estimate of drug-likeness (QED) is 0.500. The van der Waals surface area contributed by atoms with E-state index in [1.165, 1.54) is 64.5 Å². The van der Waals surface area contributed by atoms with Crippen LogP contribution in [0.25, 0.3) is 0 Å². The molecule has 3 rings (SSSR count). The predicted molar refractivity (Wildman–Crippen MR) is 120 cm³/mol. The lowest BCUT2D eigenvalue weighted by Crippen LogP contribution is -2.50. The molecule has 0 spiro atoms. The van der Waals surface area contributed by atoms with Crippen molar-refractivity contribution < 1.29 is 4.21 Å². The first kappa shape index (κ1) is 22.1. The van der Waals surface area contributed by atoms with Crippen molar-refractivity contribution in [3.8, 4) is 0 Å². The Bertz CT molecular complexity index is 521. The molecule has 0 aromatic carbocycles. The second-order valence-electron chi connectivity index (χ2n) is 9.05. The van der Waals surface area contributed by atoms with Crippen LogP contribution in [-0.2, 0) is 10.8 Å². The molecule has 28 heavy (non-hydrogen) atoms. The van der Waals surface area contributed by atoms with Gasteiger partial charge >= 0.3 is 0 Å². The molecule has 0 aromatic heterocycles.